The van der Waals surface area contributed by atoms with Gasteiger partial charge in [0.1, 0.15) is 17.2 Å². The van der Waals surface area contributed by atoms with Crippen molar-refractivity contribution in [1.82, 2.24) is 9.55 Å². The van der Waals surface area contributed by atoms with Crippen molar-refractivity contribution in [3.63, 3.8) is 0 Å². The number of halogens is 6. The molecular weight excluding hydrogens is 376 g/mol. The van der Waals surface area contributed by atoms with Crippen LogP contribution >= 0.6 is 27.5 Å². The number of benzene rings is 1. The smallest absolute Gasteiger partial charge is 0.311 e. The van der Waals surface area contributed by atoms with E-state index in [4.69, 9.17) is 11.6 Å². The summed E-state index contributed by atoms with van der Waals surface area (Å²) in [6, 6.07) is 2.44. The summed E-state index contributed by atoms with van der Waals surface area (Å²) in [6.45, 7) is 1.55. The molecule has 1 aliphatic rings. The lowest BCUT2D eigenvalue weighted by molar-refractivity contribution is -0.179. The van der Waals surface area contributed by atoms with Gasteiger partial charge in [-0.3, -0.25) is 0 Å². The lowest BCUT2D eigenvalue weighted by atomic mass is 10.2. The van der Waals surface area contributed by atoms with Crippen LogP contribution in [0.15, 0.2) is 16.6 Å². The van der Waals surface area contributed by atoms with Gasteiger partial charge in [-0.1, -0.05) is 0 Å². The van der Waals surface area contributed by atoms with Gasteiger partial charge in [-0.05, 0) is 41.8 Å². The van der Waals surface area contributed by atoms with E-state index >= 15 is 0 Å². The fourth-order valence-electron chi connectivity index (χ4n) is 2.56. The van der Waals surface area contributed by atoms with Crippen molar-refractivity contribution in [2.75, 3.05) is 0 Å². The molecule has 1 saturated carbocycles. The minimum absolute atomic E-state index is 0.0454. The van der Waals surface area contributed by atoms with E-state index < -0.39 is 22.9 Å². The second-order valence-electron chi connectivity index (χ2n) is 5.21. The molecular formula is C13H10BrClF4N2. The van der Waals surface area contributed by atoms with E-state index in [1.165, 1.54) is 6.07 Å². The first kappa shape index (κ1) is 15.1. The Morgan fingerprint density at radius 2 is 2.00 bits per heavy atom. The van der Waals surface area contributed by atoms with Crippen LogP contribution in [0.5, 0.6) is 0 Å². The molecule has 0 spiro atoms. The van der Waals surface area contributed by atoms with E-state index in [-0.39, 0.29) is 28.7 Å². The molecule has 0 radical (unpaired) electrons. The molecule has 8 heteroatoms. The standard InChI is InChI=1S/C13H10BrClF4N2/c1-6(15)11-20-9-4-7(14)8(16)5-10(9)21(11)12(2-3-12)13(17,18)19/h4-6H,2-3H2,1H3. The molecule has 0 bridgehead atoms. The number of imidazole rings is 1. The van der Waals surface area contributed by atoms with E-state index in [0.29, 0.717) is 5.52 Å². The summed E-state index contributed by atoms with van der Waals surface area (Å²) in [7, 11) is 0. The van der Waals surface area contributed by atoms with Crippen molar-refractivity contribution in [2.45, 2.75) is 36.9 Å². The van der Waals surface area contributed by atoms with Gasteiger partial charge in [0.2, 0.25) is 0 Å². The molecule has 21 heavy (non-hydrogen) atoms. The minimum Gasteiger partial charge on any atom is -0.311 e. The number of nitrogens with zero attached hydrogens (tertiary/aromatic N) is 2. The number of aromatic nitrogens is 2. The Morgan fingerprint density at radius 3 is 2.48 bits per heavy atom. The molecule has 1 fully saturated rings. The molecule has 1 unspecified atom stereocenters. The highest BCUT2D eigenvalue weighted by Crippen LogP contribution is 2.57. The molecule has 1 aromatic carbocycles. The first-order chi connectivity index (χ1) is 9.67. The Balaban J connectivity index is 2.35. The van der Waals surface area contributed by atoms with Crippen LogP contribution in [-0.2, 0) is 5.54 Å². The van der Waals surface area contributed by atoms with Crippen molar-refractivity contribution in [3.05, 3.63) is 28.2 Å². The lowest BCUT2D eigenvalue weighted by Crippen LogP contribution is -2.36. The highest BCUT2D eigenvalue weighted by atomic mass is 79.9. The predicted octanol–water partition coefficient (Wildman–Crippen LogP) is 5.29. The van der Waals surface area contributed by atoms with Crippen molar-refractivity contribution in [1.29, 1.82) is 0 Å². The third-order valence-electron chi connectivity index (χ3n) is 3.76. The van der Waals surface area contributed by atoms with Gasteiger partial charge in [0, 0.05) is 6.07 Å². The first-order valence-electron chi connectivity index (χ1n) is 6.26. The summed E-state index contributed by atoms with van der Waals surface area (Å²) in [5, 5.41) is -0.709. The van der Waals surface area contributed by atoms with Crippen LogP contribution in [0.2, 0.25) is 0 Å². The van der Waals surface area contributed by atoms with Gasteiger partial charge in [-0.15, -0.1) is 11.6 Å². The fraction of sp³-hybridized carbons (Fsp3) is 0.462. The molecule has 0 aliphatic heterocycles. The molecule has 0 N–H and O–H groups in total. The Hall–Kier alpha value is -0.820. The van der Waals surface area contributed by atoms with Gasteiger partial charge in [-0.25, -0.2) is 9.37 Å². The second-order valence-corrected chi connectivity index (χ2v) is 6.71. The van der Waals surface area contributed by atoms with Crippen LogP contribution in [0.1, 0.15) is 31.0 Å². The molecule has 2 aromatic rings. The molecule has 114 valence electrons. The van der Waals surface area contributed by atoms with Crippen molar-refractivity contribution in [2.24, 2.45) is 0 Å². The quantitative estimate of drug-likeness (QED) is 0.507. The predicted molar refractivity (Wildman–Crippen MR) is 74.9 cm³/mol. The van der Waals surface area contributed by atoms with Crippen LogP contribution < -0.4 is 0 Å². The summed E-state index contributed by atoms with van der Waals surface area (Å²) in [4.78, 5) is 4.17. The molecule has 1 aliphatic carbocycles. The van der Waals surface area contributed by atoms with Gasteiger partial charge >= 0.3 is 6.18 Å². The topological polar surface area (TPSA) is 17.8 Å². The molecule has 1 atom stereocenters. The van der Waals surface area contributed by atoms with Crippen molar-refractivity contribution >= 4 is 38.6 Å². The zero-order valence-corrected chi connectivity index (χ0v) is 13.2. The van der Waals surface area contributed by atoms with Gasteiger partial charge in [-0.2, -0.15) is 13.2 Å². The number of hydrogen-bond donors (Lipinski definition) is 0. The minimum atomic E-state index is -4.43. The zero-order valence-electron chi connectivity index (χ0n) is 10.8. The average molecular weight is 386 g/mol. The van der Waals surface area contributed by atoms with Gasteiger partial charge < -0.3 is 4.57 Å². The summed E-state index contributed by atoms with van der Waals surface area (Å²) in [5.74, 6) is -0.519. The molecule has 0 saturated heterocycles. The monoisotopic (exact) mass is 384 g/mol. The van der Waals surface area contributed by atoms with E-state index in [1.54, 1.807) is 6.92 Å². The number of fused-ring (bicyclic) bond motifs is 1. The zero-order chi connectivity index (χ0) is 15.6. The first-order valence-corrected chi connectivity index (χ1v) is 7.49. The SMILES string of the molecule is CC(Cl)c1nc2cc(Br)c(F)cc2n1C1(C(F)(F)F)CC1. The fourth-order valence-corrected chi connectivity index (χ4v) is 3.04. The largest absolute Gasteiger partial charge is 0.412 e. The molecule has 3 rings (SSSR count). The van der Waals surface area contributed by atoms with Crippen LogP contribution in [0.25, 0.3) is 11.0 Å². The lowest BCUT2D eigenvalue weighted by Gasteiger charge is -2.24. The Kier molecular flexibility index (Phi) is 3.30. The molecule has 1 heterocycles. The van der Waals surface area contributed by atoms with E-state index in [1.807, 2.05) is 0 Å². The van der Waals surface area contributed by atoms with Crippen LogP contribution in [0.3, 0.4) is 0 Å². The van der Waals surface area contributed by atoms with Crippen LogP contribution in [0.4, 0.5) is 17.6 Å². The number of rotatable bonds is 2. The Morgan fingerprint density at radius 1 is 1.38 bits per heavy atom. The number of hydrogen-bond acceptors (Lipinski definition) is 1. The Labute approximate surface area is 131 Å². The summed E-state index contributed by atoms with van der Waals surface area (Å²) in [6.07, 6.45) is -4.52. The van der Waals surface area contributed by atoms with E-state index in [0.717, 1.165) is 10.6 Å². The maximum atomic E-state index is 13.7. The maximum Gasteiger partial charge on any atom is 0.412 e. The van der Waals surface area contributed by atoms with Gasteiger partial charge in [0.15, 0.2) is 0 Å². The van der Waals surface area contributed by atoms with Crippen molar-refractivity contribution in [3.8, 4) is 0 Å². The average Bonchev–Trinajstić information content (AvgIpc) is 3.08. The van der Waals surface area contributed by atoms with Crippen molar-refractivity contribution < 1.29 is 17.6 Å². The highest BCUT2D eigenvalue weighted by molar-refractivity contribution is 9.10. The molecule has 2 nitrogen and oxygen atoms in total. The van der Waals surface area contributed by atoms with Crippen LogP contribution in [-0.4, -0.2) is 15.7 Å². The number of alkyl halides is 4. The second kappa shape index (κ2) is 4.59. The van der Waals surface area contributed by atoms with Gasteiger partial charge in [0.25, 0.3) is 0 Å². The summed E-state index contributed by atoms with van der Waals surface area (Å²) in [5.41, 5.74) is -1.60. The Bertz CT molecular complexity index is 719. The van der Waals surface area contributed by atoms with E-state index in [2.05, 4.69) is 20.9 Å². The molecule has 0 amide bonds. The maximum absolute atomic E-state index is 13.7. The summed E-state index contributed by atoms with van der Waals surface area (Å²) >= 11 is 9.00. The van der Waals surface area contributed by atoms with Gasteiger partial charge in [0.05, 0.1) is 20.9 Å². The van der Waals surface area contributed by atoms with Crippen LogP contribution in [0, 0.1) is 5.82 Å². The summed E-state index contributed by atoms with van der Waals surface area (Å²) < 4.78 is 55.2. The van der Waals surface area contributed by atoms with E-state index in [9.17, 15) is 17.6 Å². The highest BCUT2D eigenvalue weighted by Gasteiger charge is 2.66. The normalized spacial score (nSPS) is 19.0. The third kappa shape index (κ3) is 2.16. The molecule has 1 aromatic heterocycles. The third-order valence-corrected chi connectivity index (χ3v) is 4.56.